The van der Waals surface area contributed by atoms with Gasteiger partial charge in [0.1, 0.15) is 0 Å². The summed E-state index contributed by atoms with van der Waals surface area (Å²) in [5, 5.41) is 3.10. The van der Waals surface area contributed by atoms with Crippen molar-refractivity contribution in [2.24, 2.45) is 0 Å². The molecular formula is C24H24N4O. The topological polar surface area (TPSA) is 48.5 Å². The van der Waals surface area contributed by atoms with E-state index in [0.29, 0.717) is 6.04 Å². The lowest BCUT2D eigenvalue weighted by Crippen LogP contribution is -2.50. The molecule has 1 N–H and O–H groups in total. The van der Waals surface area contributed by atoms with E-state index < -0.39 is 0 Å². The Bertz CT molecular complexity index is 1020. The quantitative estimate of drug-likeness (QED) is 0.721. The molecule has 2 atom stereocenters. The molecule has 1 aromatic heterocycles. The number of amides is 2. The van der Waals surface area contributed by atoms with Crippen LogP contribution >= 0.6 is 0 Å². The van der Waals surface area contributed by atoms with Crippen molar-refractivity contribution in [2.75, 3.05) is 23.3 Å². The van der Waals surface area contributed by atoms with Crippen LogP contribution in [-0.2, 0) is 0 Å². The summed E-state index contributed by atoms with van der Waals surface area (Å²) in [7, 11) is 0. The Morgan fingerprint density at radius 2 is 1.83 bits per heavy atom. The summed E-state index contributed by atoms with van der Waals surface area (Å²) in [5.74, 6) is 0. The molecule has 0 radical (unpaired) electrons. The van der Waals surface area contributed by atoms with Gasteiger partial charge >= 0.3 is 6.03 Å². The minimum atomic E-state index is -0.0129. The predicted molar refractivity (Wildman–Crippen MR) is 116 cm³/mol. The number of urea groups is 1. The summed E-state index contributed by atoms with van der Waals surface area (Å²) in [6, 6.07) is 23.0. The second-order valence-corrected chi connectivity index (χ2v) is 7.86. The molecule has 0 aliphatic carbocycles. The van der Waals surface area contributed by atoms with Crippen molar-refractivity contribution in [1.82, 2.24) is 9.88 Å². The first-order chi connectivity index (χ1) is 14.2. The molecule has 0 unspecified atom stereocenters. The molecule has 146 valence electrons. The molecule has 29 heavy (non-hydrogen) atoms. The van der Waals surface area contributed by atoms with E-state index in [0.717, 1.165) is 42.0 Å². The van der Waals surface area contributed by atoms with E-state index >= 15 is 0 Å². The highest BCUT2D eigenvalue weighted by Crippen LogP contribution is 2.35. The Morgan fingerprint density at radius 1 is 1.00 bits per heavy atom. The SMILES string of the molecule is Cc1ccc(NC(=O)N2C[C@@H]3C[C@H]2CN3c2ccccc2)cc1-c1ccccn1. The van der Waals surface area contributed by atoms with Crippen LogP contribution < -0.4 is 10.2 Å². The molecule has 2 amide bonds. The molecule has 5 heteroatoms. The maximum absolute atomic E-state index is 13.0. The van der Waals surface area contributed by atoms with Crippen molar-refractivity contribution in [2.45, 2.75) is 25.4 Å². The van der Waals surface area contributed by atoms with Crippen LogP contribution in [0.25, 0.3) is 11.3 Å². The Labute approximate surface area is 171 Å². The highest BCUT2D eigenvalue weighted by Gasteiger charge is 2.45. The summed E-state index contributed by atoms with van der Waals surface area (Å²) in [6.07, 6.45) is 2.83. The number of pyridine rings is 1. The van der Waals surface area contributed by atoms with E-state index in [-0.39, 0.29) is 12.1 Å². The number of hydrogen-bond donors (Lipinski definition) is 1. The molecule has 2 saturated heterocycles. The van der Waals surface area contributed by atoms with Crippen LogP contribution in [0.1, 0.15) is 12.0 Å². The van der Waals surface area contributed by atoms with Gasteiger partial charge in [0.15, 0.2) is 0 Å². The molecule has 2 bridgehead atoms. The van der Waals surface area contributed by atoms with Crippen LogP contribution in [0.3, 0.4) is 0 Å². The summed E-state index contributed by atoms with van der Waals surface area (Å²) >= 11 is 0. The molecule has 0 spiro atoms. The monoisotopic (exact) mass is 384 g/mol. The van der Waals surface area contributed by atoms with Crippen LogP contribution in [0.2, 0.25) is 0 Å². The van der Waals surface area contributed by atoms with Crippen LogP contribution in [0.4, 0.5) is 16.2 Å². The molecule has 3 aromatic rings. The highest BCUT2D eigenvalue weighted by atomic mass is 16.2. The summed E-state index contributed by atoms with van der Waals surface area (Å²) in [4.78, 5) is 21.8. The van der Waals surface area contributed by atoms with Gasteiger partial charge in [0.2, 0.25) is 0 Å². The van der Waals surface area contributed by atoms with Gasteiger partial charge in [-0.25, -0.2) is 4.79 Å². The van der Waals surface area contributed by atoms with Crippen LogP contribution in [0.5, 0.6) is 0 Å². The minimum absolute atomic E-state index is 0.0129. The molecule has 3 heterocycles. The van der Waals surface area contributed by atoms with Gasteiger partial charge in [0, 0.05) is 42.3 Å². The van der Waals surface area contributed by atoms with Gasteiger partial charge in [0.25, 0.3) is 0 Å². The second-order valence-electron chi connectivity index (χ2n) is 7.86. The largest absolute Gasteiger partial charge is 0.365 e. The van der Waals surface area contributed by atoms with Gasteiger partial charge in [-0.2, -0.15) is 0 Å². The number of hydrogen-bond acceptors (Lipinski definition) is 3. The fourth-order valence-corrected chi connectivity index (χ4v) is 4.54. The zero-order valence-corrected chi connectivity index (χ0v) is 16.5. The number of fused-ring (bicyclic) bond motifs is 2. The van der Waals surface area contributed by atoms with E-state index in [9.17, 15) is 4.79 Å². The predicted octanol–water partition coefficient (Wildman–Crippen LogP) is 4.55. The third-order valence-corrected chi connectivity index (χ3v) is 6.02. The molecule has 0 saturated carbocycles. The maximum Gasteiger partial charge on any atom is 0.322 e. The number of likely N-dealkylation sites (tertiary alicyclic amines) is 1. The first-order valence-electron chi connectivity index (χ1n) is 10.1. The van der Waals surface area contributed by atoms with E-state index in [1.807, 2.05) is 47.4 Å². The molecule has 2 aliphatic heterocycles. The fraction of sp³-hybridized carbons (Fsp3) is 0.250. The number of benzene rings is 2. The van der Waals surface area contributed by atoms with E-state index in [2.05, 4.69) is 46.4 Å². The Balaban J connectivity index is 1.29. The standard InChI is InChI=1S/C24H24N4O/c1-17-10-11-18(13-22(17)23-9-5-6-12-25-23)26-24(29)28-16-20-14-21(28)15-27(20)19-7-3-2-4-8-19/h2-13,20-21H,14-16H2,1H3,(H,26,29)/t20-,21-/m0/s1. The first kappa shape index (κ1) is 17.7. The highest BCUT2D eigenvalue weighted by molar-refractivity contribution is 5.91. The van der Waals surface area contributed by atoms with Gasteiger partial charge < -0.3 is 15.1 Å². The third-order valence-electron chi connectivity index (χ3n) is 6.02. The van der Waals surface area contributed by atoms with Gasteiger partial charge in [-0.3, -0.25) is 4.98 Å². The first-order valence-corrected chi connectivity index (χ1v) is 10.1. The van der Waals surface area contributed by atoms with Crippen LogP contribution in [0, 0.1) is 6.92 Å². The number of rotatable bonds is 3. The molecule has 5 nitrogen and oxygen atoms in total. The van der Waals surface area contributed by atoms with Crippen molar-refractivity contribution in [3.8, 4) is 11.3 Å². The molecular weight excluding hydrogens is 360 g/mol. The number of aromatic nitrogens is 1. The zero-order chi connectivity index (χ0) is 19.8. The number of para-hydroxylation sites is 1. The van der Waals surface area contributed by atoms with Crippen molar-refractivity contribution in [3.05, 3.63) is 78.5 Å². The lowest BCUT2D eigenvalue weighted by Gasteiger charge is -2.35. The smallest absolute Gasteiger partial charge is 0.322 e. The average Bonchev–Trinajstić information content (AvgIpc) is 3.37. The number of nitrogens with one attached hydrogen (secondary N) is 1. The third kappa shape index (κ3) is 3.33. The van der Waals surface area contributed by atoms with Gasteiger partial charge in [-0.15, -0.1) is 0 Å². The fourth-order valence-electron chi connectivity index (χ4n) is 4.54. The number of piperazine rings is 1. The average molecular weight is 384 g/mol. The summed E-state index contributed by atoms with van der Waals surface area (Å²) in [5.41, 5.74) is 5.16. The van der Waals surface area contributed by atoms with Crippen molar-refractivity contribution in [1.29, 1.82) is 0 Å². The van der Waals surface area contributed by atoms with Crippen LogP contribution in [-0.4, -0.2) is 41.1 Å². The van der Waals surface area contributed by atoms with Crippen molar-refractivity contribution >= 4 is 17.4 Å². The lowest BCUT2D eigenvalue weighted by atomic mass is 10.0. The van der Waals surface area contributed by atoms with E-state index in [1.54, 1.807) is 6.20 Å². The number of carbonyl (C=O) groups is 1. The zero-order valence-electron chi connectivity index (χ0n) is 16.5. The second kappa shape index (κ2) is 7.24. The Morgan fingerprint density at radius 3 is 2.55 bits per heavy atom. The van der Waals surface area contributed by atoms with Gasteiger partial charge in [0.05, 0.1) is 11.7 Å². The van der Waals surface area contributed by atoms with Crippen molar-refractivity contribution in [3.63, 3.8) is 0 Å². The molecule has 2 fully saturated rings. The Kier molecular flexibility index (Phi) is 4.43. The number of anilines is 2. The van der Waals surface area contributed by atoms with E-state index in [1.165, 1.54) is 5.69 Å². The van der Waals surface area contributed by atoms with Crippen LogP contribution in [0.15, 0.2) is 72.9 Å². The van der Waals surface area contributed by atoms with Crippen molar-refractivity contribution < 1.29 is 4.79 Å². The Hall–Kier alpha value is -3.34. The normalized spacial score (nSPS) is 20.2. The maximum atomic E-state index is 13.0. The number of carbonyl (C=O) groups excluding carboxylic acids is 1. The lowest BCUT2D eigenvalue weighted by molar-refractivity contribution is 0.202. The molecule has 2 aromatic carbocycles. The molecule has 5 rings (SSSR count). The summed E-state index contributed by atoms with van der Waals surface area (Å²) < 4.78 is 0. The summed E-state index contributed by atoms with van der Waals surface area (Å²) in [6.45, 7) is 3.73. The van der Waals surface area contributed by atoms with Gasteiger partial charge in [-0.1, -0.05) is 30.3 Å². The number of aryl methyl sites for hydroxylation is 1. The minimum Gasteiger partial charge on any atom is -0.365 e. The van der Waals surface area contributed by atoms with Gasteiger partial charge in [-0.05, 0) is 55.3 Å². The van der Waals surface area contributed by atoms with E-state index in [4.69, 9.17) is 0 Å². The molecule has 2 aliphatic rings. The number of nitrogens with zero attached hydrogens (tertiary/aromatic N) is 3.